The average Bonchev–Trinajstić information content (AvgIpc) is 2.86. The summed E-state index contributed by atoms with van der Waals surface area (Å²) in [5.41, 5.74) is 1.05. The van der Waals surface area contributed by atoms with Crippen LogP contribution in [-0.2, 0) is 22.0 Å². The maximum atomic E-state index is 12.7. The van der Waals surface area contributed by atoms with Gasteiger partial charge in [-0.3, -0.25) is 4.79 Å². The summed E-state index contributed by atoms with van der Waals surface area (Å²) < 4.78 is 7.38. The SMILES string of the molecule is CCOC(=O)C1(c2nc3ncccc3n2C)CCCCC1. The van der Waals surface area contributed by atoms with Gasteiger partial charge in [-0.1, -0.05) is 19.3 Å². The maximum absolute atomic E-state index is 12.7. The molecule has 0 atom stereocenters. The number of aromatic nitrogens is 3. The molecule has 0 aromatic carbocycles. The Morgan fingerprint density at radius 3 is 2.81 bits per heavy atom. The van der Waals surface area contributed by atoms with Gasteiger partial charge in [-0.15, -0.1) is 0 Å². The molecule has 1 aliphatic carbocycles. The van der Waals surface area contributed by atoms with Crippen LogP contribution in [0.15, 0.2) is 18.3 Å². The summed E-state index contributed by atoms with van der Waals surface area (Å²) in [7, 11) is 1.96. The Hall–Kier alpha value is -1.91. The van der Waals surface area contributed by atoms with Crippen molar-refractivity contribution < 1.29 is 9.53 Å². The summed E-state index contributed by atoms with van der Waals surface area (Å²) in [6.45, 7) is 2.26. The Labute approximate surface area is 124 Å². The zero-order valence-corrected chi connectivity index (χ0v) is 12.6. The summed E-state index contributed by atoms with van der Waals surface area (Å²) >= 11 is 0. The van der Waals surface area contributed by atoms with E-state index in [9.17, 15) is 4.79 Å². The van der Waals surface area contributed by atoms with Crippen LogP contribution in [0.4, 0.5) is 0 Å². The van der Waals surface area contributed by atoms with E-state index in [0.717, 1.165) is 37.0 Å². The Kier molecular flexibility index (Phi) is 3.66. The van der Waals surface area contributed by atoms with Crippen molar-refractivity contribution in [1.82, 2.24) is 14.5 Å². The van der Waals surface area contributed by atoms with E-state index in [0.29, 0.717) is 12.3 Å². The second-order valence-electron chi connectivity index (χ2n) is 5.70. The van der Waals surface area contributed by atoms with Crippen LogP contribution in [0.3, 0.4) is 0 Å². The normalized spacial score (nSPS) is 17.8. The van der Waals surface area contributed by atoms with E-state index >= 15 is 0 Å². The minimum absolute atomic E-state index is 0.136. The van der Waals surface area contributed by atoms with Crippen molar-refractivity contribution in [2.75, 3.05) is 6.61 Å². The van der Waals surface area contributed by atoms with Gasteiger partial charge in [-0.2, -0.15) is 0 Å². The first-order valence-electron chi connectivity index (χ1n) is 7.64. The van der Waals surface area contributed by atoms with Crippen LogP contribution in [0.1, 0.15) is 44.9 Å². The molecule has 3 rings (SSSR count). The molecular formula is C16H21N3O2. The third kappa shape index (κ3) is 2.20. The van der Waals surface area contributed by atoms with Gasteiger partial charge in [0.2, 0.25) is 0 Å². The molecule has 2 heterocycles. The molecule has 1 aliphatic rings. The molecular weight excluding hydrogens is 266 g/mol. The first-order valence-corrected chi connectivity index (χ1v) is 7.64. The molecule has 0 unspecified atom stereocenters. The molecule has 0 N–H and O–H groups in total. The third-order valence-corrected chi connectivity index (χ3v) is 4.46. The molecule has 2 aromatic rings. The molecule has 0 spiro atoms. The van der Waals surface area contributed by atoms with Gasteiger partial charge in [0.25, 0.3) is 0 Å². The van der Waals surface area contributed by atoms with Crippen LogP contribution >= 0.6 is 0 Å². The number of ether oxygens (including phenoxy) is 1. The number of hydrogen-bond donors (Lipinski definition) is 0. The lowest BCUT2D eigenvalue weighted by Gasteiger charge is -2.34. The van der Waals surface area contributed by atoms with Crippen LogP contribution in [-0.4, -0.2) is 27.1 Å². The molecule has 1 fully saturated rings. The minimum atomic E-state index is -0.607. The van der Waals surface area contributed by atoms with Crippen molar-refractivity contribution >= 4 is 17.1 Å². The fourth-order valence-corrected chi connectivity index (χ4v) is 3.40. The van der Waals surface area contributed by atoms with Crippen molar-refractivity contribution in [3.05, 3.63) is 24.2 Å². The third-order valence-electron chi connectivity index (χ3n) is 4.46. The zero-order chi connectivity index (χ0) is 14.9. The highest BCUT2D eigenvalue weighted by Crippen LogP contribution is 2.40. The number of carbonyl (C=O) groups is 1. The largest absolute Gasteiger partial charge is 0.465 e. The smallest absolute Gasteiger partial charge is 0.319 e. The maximum Gasteiger partial charge on any atom is 0.319 e. The predicted molar refractivity (Wildman–Crippen MR) is 79.9 cm³/mol. The number of rotatable bonds is 3. The highest BCUT2D eigenvalue weighted by molar-refractivity contribution is 5.84. The predicted octanol–water partition coefficient (Wildman–Crippen LogP) is 2.73. The summed E-state index contributed by atoms with van der Waals surface area (Å²) in [6, 6.07) is 3.88. The highest BCUT2D eigenvalue weighted by atomic mass is 16.5. The quantitative estimate of drug-likeness (QED) is 0.814. The van der Waals surface area contributed by atoms with E-state index in [2.05, 4.69) is 9.97 Å². The van der Waals surface area contributed by atoms with Crippen LogP contribution in [0.25, 0.3) is 11.2 Å². The van der Waals surface area contributed by atoms with E-state index in [1.807, 2.05) is 30.7 Å². The van der Waals surface area contributed by atoms with E-state index < -0.39 is 5.41 Å². The Bertz CT molecular complexity index is 657. The number of imidazole rings is 1. The number of fused-ring (bicyclic) bond motifs is 1. The molecule has 0 saturated heterocycles. The van der Waals surface area contributed by atoms with E-state index in [4.69, 9.17) is 4.74 Å². The van der Waals surface area contributed by atoms with Gasteiger partial charge >= 0.3 is 5.97 Å². The number of esters is 1. The van der Waals surface area contributed by atoms with Gasteiger partial charge in [-0.25, -0.2) is 9.97 Å². The molecule has 2 aromatic heterocycles. The standard InChI is InChI=1S/C16H21N3O2/c1-3-21-15(20)16(9-5-4-6-10-16)14-18-13-12(19(14)2)8-7-11-17-13/h7-8,11H,3-6,9-10H2,1-2H3. The number of hydrogen-bond acceptors (Lipinski definition) is 4. The van der Waals surface area contributed by atoms with Gasteiger partial charge in [0.05, 0.1) is 12.1 Å². The Morgan fingerprint density at radius 2 is 2.14 bits per heavy atom. The molecule has 0 radical (unpaired) electrons. The Balaban J connectivity index is 2.14. The summed E-state index contributed by atoms with van der Waals surface area (Å²) in [5.74, 6) is 0.664. The summed E-state index contributed by atoms with van der Waals surface area (Å²) in [6.07, 6.45) is 6.59. The van der Waals surface area contributed by atoms with Crippen molar-refractivity contribution in [3.8, 4) is 0 Å². The molecule has 112 valence electrons. The van der Waals surface area contributed by atoms with Gasteiger partial charge in [-0.05, 0) is 31.9 Å². The van der Waals surface area contributed by atoms with Crippen molar-refractivity contribution in [1.29, 1.82) is 0 Å². The molecule has 5 nitrogen and oxygen atoms in total. The molecule has 5 heteroatoms. The lowest BCUT2D eigenvalue weighted by molar-refractivity contribution is -0.152. The summed E-state index contributed by atoms with van der Waals surface area (Å²) in [4.78, 5) is 21.6. The number of aryl methyl sites for hydroxylation is 1. The molecule has 0 amide bonds. The minimum Gasteiger partial charge on any atom is -0.465 e. The molecule has 21 heavy (non-hydrogen) atoms. The monoisotopic (exact) mass is 287 g/mol. The van der Waals surface area contributed by atoms with Gasteiger partial charge in [0, 0.05) is 13.2 Å². The number of pyridine rings is 1. The number of carbonyl (C=O) groups excluding carboxylic acids is 1. The van der Waals surface area contributed by atoms with Crippen molar-refractivity contribution in [3.63, 3.8) is 0 Å². The molecule has 0 bridgehead atoms. The van der Waals surface area contributed by atoms with E-state index in [1.54, 1.807) is 6.20 Å². The van der Waals surface area contributed by atoms with Crippen LogP contribution < -0.4 is 0 Å². The molecule has 0 aliphatic heterocycles. The Morgan fingerprint density at radius 1 is 1.38 bits per heavy atom. The number of nitrogens with zero attached hydrogens (tertiary/aromatic N) is 3. The average molecular weight is 287 g/mol. The second kappa shape index (κ2) is 5.47. The fraction of sp³-hybridized carbons (Fsp3) is 0.562. The van der Waals surface area contributed by atoms with Gasteiger partial charge in [0.15, 0.2) is 5.65 Å². The van der Waals surface area contributed by atoms with Crippen LogP contribution in [0.2, 0.25) is 0 Å². The zero-order valence-electron chi connectivity index (χ0n) is 12.6. The van der Waals surface area contributed by atoms with E-state index in [1.165, 1.54) is 6.42 Å². The fourth-order valence-electron chi connectivity index (χ4n) is 3.40. The summed E-state index contributed by atoms with van der Waals surface area (Å²) in [5, 5.41) is 0. The first-order chi connectivity index (χ1) is 10.2. The van der Waals surface area contributed by atoms with Gasteiger partial charge in [0.1, 0.15) is 11.2 Å². The topological polar surface area (TPSA) is 57.0 Å². The molecule has 1 saturated carbocycles. The van der Waals surface area contributed by atoms with E-state index in [-0.39, 0.29) is 5.97 Å². The van der Waals surface area contributed by atoms with Crippen molar-refractivity contribution in [2.24, 2.45) is 7.05 Å². The first kappa shape index (κ1) is 14.0. The highest BCUT2D eigenvalue weighted by Gasteiger charge is 2.46. The van der Waals surface area contributed by atoms with Crippen LogP contribution in [0, 0.1) is 0 Å². The van der Waals surface area contributed by atoms with Crippen LogP contribution in [0.5, 0.6) is 0 Å². The lowest BCUT2D eigenvalue weighted by atomic mass is 9.73. The second-order valence-corrected chi connectivity index (χ2v) is 5.70. The van der Waals surface area contributed by atoms with Crippen molar-refractivity contribution in [2.45, 2.75) is 44.4 Å². The lowest BCUT2D eigenvalue weighted by Crippen LogP contribution is -2.41. The van der Waals surface area contributed by atoms with Gasteiger partial charge < -0.3 is 9.30 Å².